The third-order valence-electron chi connectivity index (χ3n) is 16.7. The van der Waals surface area contributed by atoms with Crippen LogP contribution in [-0.4, -0.2) is 161 Å². The van der Waals surface area contributed by atoms with Crippen LogP contribution in [0.3, 0.4) is 0 Å². The number of carbonyl (C=O) groups excluding carboxylic acids is 12. The molecule has 12 atom stereocenters. The summed E-state index contributed by atoms with van der Waals surface area (Å²) in [5.41, 5.74) is 16.7. The van der Waals surface area contributed by atoms with Crippen molar-refractivity contribution in [3.8, 4) is 0 Å². The number of guanidine groups is 1. The lowest BCUT2D eigenvalue weighted by Crippen LogP contribution is -2.62. The number of rotatable bonds is 53. The van der Waals surface area contributed by atoms with Gasteiger partial charge in [-0.05, 0) is 108 Å². The Hall–Kier alpha value is -6.97. The van der Waals surface area contributed by atoms with Crippen molar-refractivity contribution in [2.45, 2.75) is 311 Å². The molecule has 0 aromatic rings. The Labute approximate surface area is 572 Å². The first-order chi connectivity index (χ1) is 45.1. The maximum absolute atomic E-state index is 14.4. The van der Waals surface area contributed by atoms with Gasteiger partial charge in [-0.2, -0.15) is 0 Å². The van der Waals surface area contributed by atoms with E-state index in [9.17, 15) is 62.6 Å². The van der Waals surface area contributed by atoms with Crippen LogP contribution in [0, 0.1) is 35.0 Å². The van der Waals surface area contributed by atoms with Gasteiger partial charge in [-0.15, -0.1) is 0 Å². The van der Waals surface area contributed by atoms with Gasteiger partial charge in [0, 0.05) is 13.0 Å². The van der Waals surface area contributed by atoms with Crippen molar-refractivity contribution < 1.29 is 62.6 Å². The van der Waals surface area contributed by atoms with Crippen molar-refractivity contribution in [3.05, 3.63) is 0 Å². The van der Waals surface area contributed by atoms with E-state index >= 15 is 0 Å². The average Bonchev–Trinajstić information content (AvgIpc) is 0.894. The highest BCUT2D eigenvalue weighted by molar-refractivity contribution is 5.99. The van der Waals surface area contributed by atoms with E-state index in [0.29, 0.717) is 38.6 Å². The molecule has 19 N–H and O–H groups in total. The molecule has 0 spiro atoms. The predicted octanol–water partition coefficient (Wildman–Crippen LogP) is 3.02. The average molecular weight is 1360 g/mol. The van der Waals surface area contributed by atoms with E-state index in [1.165, 1.54) is 72.1 Å². The second kappa shape index (κ2) is 49.5. The Bertz CT molecular complexity index is 2430. The van der Waals surface area contributed by atoms with E-state index < -0.39 is 156 Å². The first-order valence-electron chi connectivity index (χ1n) is 35.4. The lowest BCUT2D eigenvalue weighted by Gasteiger charge is -2.31. The molecule has 28 nitrogen and oxygen atoms in total. The van der Waals surface area contributed by atoms with Crippen LogP contribution < -0.4 is 75.7 Å². The molecule has 0 bridgehead atoms. The first kappa shape index (κ1) is 89.0. The van der Waals surface area contributed by atoms with Crippen LogP contribution in [0.1, 0.15) is 245 Å². The highest BCUT2D eigenvalue weighted by Gasteiger charge is 2.38. The maximum Gasteiger partial charge on any atom is 0.245 e. The summed E-state index contributed by atoms with van der Waals surface area (Å²) in [7, 11) is 0. The summed E-state index contributed by atoms with van der Waals surface area (Å²) in [5.74, 6) is -11.1. The van der Waals surface area contributed by atoms with Gasteiger partial charge in [0.2, 0.25) is 65.0 Å². The number of nitrogens with one attached hydrogen (secondary N) is 12. The van der Waals surface area contributed by atoms with Crippen molar-refractivity contribution in [2.24, 2.45) is 46.8 Å². The fourth-order valence-corrected chi connectivity index (χ4v) is 10.7. The van der Waals surface area contributed by atoms with E-state index in [4.69, 9.17) is 22.6 Å². The zero-order chi connectivity index (χ0) is 73.2. The molecule has 0 aromatic heterocycles. The SMILES string of the molecule is CCCCCCCCCCCCCCCC(=O)N[C@@H](CC(N)=O)C(=O)N[C@H](C(=O)N[C@H](C(=O)N[C@@H](CCCNC(=N)N)C(=O)N[C@H](C(=O)N[C@@H](CC(C)C)C(=O)N[C@@H](C)C(=O)N[C@H](C(=O)N[C@@H](CCCCN)C(=O)N[C@@H](CC(C)C)C(C)=O)[C@@H](C)O)C(C)C)C(C)C)[C@@H](C)CC. The van der Waals surface area contributed by atoms with Gasteiger partial charge in [-0.25, -0.2) is 0 Å². The van der Waals surface area contributed by atoms with Gasteiger partial charge in [0.25, 0.3) is 0 Å². The van der Waals surface area contributed by atoms with Crippen molar-refractivity contribution in [1.29, 1.82) is 5.41 Å². The number of primary amides is 1. The number of nitrogens with two attached hydrogens (primary N) is 3. The Kier molecular flexibility index (Phi) is 45.9. The maximum atomic E-state index is 14.4. The highest BCUT2D eigenvalue weighted by atomic mass is 16.3. The highest BCUT2D eigenvalue weighted by Crippen LogP contribution is 2.17. The normalized spacial score (nSPS) is 15.2. The summed E-state index contributed by atoms with van der Waals surface area (Å²) in [6.07, 6.45) is 14.7. The third kappa shape index (κ3) is 38.1. The Morgan fingerprint density at radius 3 is 1.26 bits per heavy atom. The van der Waals surface area contributed by atoms with Crippen molar-refractivity contribution >= 4 is 76.7 Å². The molecule has 0 saturated carbocycles. The number of amides is 11. The molecule has 0 aliphatic carbocycles. The van der Waals surface area contributed by atoms with E-state index in [1.54, 1.807) is 55.4 Å². The molecule has 0 aliphatic heterocycles. The van der Waals surface area contributed by atoms with Crippen LogP contribution in [0.25, 0.3) is 0 Å². The minimum atomic E-state index is -1.61. The molecule has 28 heteroatoms. The molecule has 0 unspecified atom stereocenters. The smallest absolute Gasteiger partial charge is 0.245 e. The van der Waals surface area contributed by atoms with Crippen LogP contribution in [0.2, 0.25) is 0 Å². The van der Waals surface area contributed by atoms with Gasteiger partial charge in [0.15, 0.2) is 11.7 Å². The first-order valence-corrected chi connectivity index (χ1v) is 35.4. The zero-order valence-electron chi connectivity index (χ0n) is 60.5. The van der Waals surface area contributed by atoms with Crippen LogP contribution in [0.4, 0.5) is 0 Å². The second-order valence-electron chi connectivity index (χ2n) is 27.5. The van der Waals surface area contributed by atoms with E-state index in [-0.39, 0.29) is 62.2 Å². The van der Waals surface area contributed by atoms with E-state index in [0.717, 1.165) is 25.7 Å². The second-order valence-corrected chi connectivity index (χ2v) is 27.5. The van der Waals surface area contributed by atoms with E-state index in [1.807, 2.05) is 13.8 Å². The molecular formula is C68H127N15O13. The topological polar surface area (TPSA) is 459 Å². The number of carbonyl (C=O) groups is 12. The summed E-state index contributed by atoms with van der Waals surface area (Å²) in [4.78, 5) is 164. The Morgan fingerprint density at radius 1 is 0.417 bits per heavy atom. The van der Waals surface area contributed by atoms with E-state index in [2.05, 4.69) is 65.4 Å². The van der Waals surface area contributed by atoms with Gasteiger partial charge in [0.05, 0.1) is 18.6 Å². The molecule has 552 valence electrons. The third-order valence-corrected chi connectivity index (χ3v) is 16.7. The van der Waals surface area contributed by atoms with Gasteiger partial charge in [-0.1, -0.05) is 160 Å². The molecule has 0 radical (unpaired) electrons. The van der Waals surface area contributed by atoms with Crippen LogP contribution in [0.15, 0.2) is 0 Å². The number of hydrogen-bond donors (Lipinski definition) is 16. The molecular weight excluding hydrogens is 1230 g/mol. The molecule has 11 amide bonds. The van der Waals surface area contributed by atoms with Gasteiger partial charge < -0.3 is 80.8 Å². The fourth-order valence-electron chi connectivity index (χ4n) is 10.7. The summed E-state index contributed by atoms with van der Waals surface area (Å²) in [6, 6.07) is -12.9. The molecule has 0 aromatic carbocycles. The van der Waals surface area contributed by atoms with Crippen molar-refractivity contribution in [1.82, 2.24) is 58.5 Å². The van der Waals surface area contributed by atoms with Gasteiger partial charge in [0.1, 0.15) is 54.4 Å². The monoisotopic (exact) mass is 1360 g/mol. The lowest BCUT2D eigenvalue weighted by atomic mass is 9.95. The number of hydrogen-bond acceptors (Lipinski definition) is 15. The summed E-state index contributed by atoms with van der Waals surface area (Å²) in [5, 5.41) is 47.5. The number of Topliss-reactive ketones (excluding diaryl/α,β-unsaturated/α-hetero) is 1. The fraction of sp³-hybridized carbons (Fsp3) is 0.809. The van der Waals surface area contributed by atoms with Crippen LogP contribution >= 0.6 is 0 Å². The Morgan fingerprint density at radius 2 is 0.812 bits per heavy atom. The predicted molar refractivity (Wildman–Crippen MR) is 372 cm³/mol. The summed E-state index contributed by atoms with van der Waals surface area (Å²) in [6.45, 7) is 24.0. The van der Waals surface area contributed by atoms with Gasteiger partial charge in [-0.3, -0.25) is 62.9 Å². The molecule has 0 aliphatic rings. The minimum absolute atomic E-state index is 0.0500. The molecule has 96 heavy (non-hydrogen) atoms. The lowest BCUT2D eigenvalue weighted by molar-refractivity contribution is -0.137. The summed E-state index contributed by atoms with van der Waals surface area (Å²) < 4.78 is 0. The van der Waals surface area contributed by atoms with Crippen molar-refractivity contribution in [3.63, 3.8) is 0 Å². The van der Waals surface area contributed by atoms with Crippen LogP contribution in [-0.2, 0) is 57.5 Å². The molecule has 0 heterocycles. The number of unbranched alkanes of at least 4 members (excludes halogenated alkanes) is 13. The molecule has 0 fully saturated rings. The minimum Gasteiger partial charge on any atom is -0.391 e. The number of aliphatic hydroxyl groups excluding tert-OH is 1. The quantitative estimate of drug-likeness (QED) is 0.0236. The molecule has 0 rings (SSSR count). The summed E-state index contributed by atoms with van der Waals surface area (Å²) >= 11 is 0. The molecule has 0 saturated heterocycles. The Balaban J connectivity index is 6.45. The van der Waals surface area contributed by atoms with Crippen molar-refractivity contribution in [2.75, 3.05) is 13.1 Å². The largest absolute Gasteiger partial charge is 0.391 e. The van der Waals surface area contributed by atoms with Crippen LogP contribution in [0.5, 0.6) is 0 Å². The number of aliphatic hydroxyl groups is 1. The number of ketones is 1. The van der Waals surface area contributed by atoms with Gasteiger partial charge >= 0.3 is 0 Å². The standard InChI is InChI=1S/C68H127N15O13/c1-15-17-18-19-20-21-22-23-24-25-26-27-28-34-54(87)75-52(39-53(70)86)63(92)82-57(44(11)16-2)66(95)81-56(43(9)10)64(93)76-49(33-31-36-73-68(71)72)61(90)80-55(42(7)8)65(94)79-51(38-41(5)6)62(91)74-45(12)59(88)83-58(47(14)85)67(96)77-48(32-29-30-35-69)60(89)78-50(46(13)84)37-40(3)4/h40-45,47-52,55-58,85H,15-39,69H2,1-14H3,(H2,70,86)(H,74,91)(H,75,87)(H,76,93)(H,77,96)(H,78,89)(H,79,94)(H,80,90)(H,81,95)(H,82,92)(H,83,88)(H4,71,72,73)/t44-,45-,47+,48-,49-,50-,51-,52-,55-,56-,57-,58-/m0/s1. The zero-order valence-corrected chi connectivity index (χ0v) is 60.5.